The Labute approximate surface area is 117 Å². The van der Waals surface area contributed by atoms with Crippen LogP contribution in [0.15, 0.2) is 23.7 Å². The Morgan fingerprint density at radius 3 is 2.68 bits per heavy atom. The summed E-state index contributed by atoms with van der Waals surface area (Å²) in [6.45, 7) is 4.65. The van der Waals surface area contributed by atoms with Gasteiger partial charge in [-0.2, -0.15) is 0 Å². The summed E-state index contributed by atoms with van der Waals surface area (Å²) in [5.74, 6) is 1.19. The summed E-state index contributed by atoms with van der Waals surface area (Å²) < 4.78 is 1.35. The predicted molar refractivity (Wildman–Crippen MR) is 81.0 cm³/mol. The standard InChI is InChI=1S/C15H19N3S/c1-2-12(3-1)17-7-9-18(10-8-17)15-13-5-11-19-14(13)4-6-16-15/h4-6,11-12H,1-3,7-10H2. The van der Waals surface area contributed by atoms with E-state index in [0.717, 1.165) is 19.1 Å². The van der Waals surface area contributed by atoms with E-state index in [9.17, 15) is 0 Å². The maximum absolute atomic E-state index is 4.62. The van der Waals surface area contributed by atoms with Crippen molar-refractivity contribution in [1.82, 2.24) is 9.88 Å². The van der Waals surface area contributed by atoms with Gasteiger partial charge < -0.3 is 4.90 Å². The summed E-state index contributed by atoms with van der Waals surface area (Å²) in [4.78, 5) is 9.76. The molecule has 0 spiro atoms. The zero-order valence-corrected chi connectivity index (χ0v) is 11.9. The lowest BCUT2D eigenvalue weighted by molar-refractivity contribution is 0.120. The topological polar surface area (TPSA) is 19.4 Å². The lowest BCUT2D eigenvalue weighted by Crippen LogP contribution is -2.52. The summed E-state index contributed by atoms with van der Waals surface area (Å²) in [5.41, 5.74) is 0. The minimum absolute atomic E-state index is 0.882. The molecule has 0 N–H and O–H groups in total. The average Bonchev–Trinajstić information content (AvgIpc) is 2.86. The van der Waals surface area contributed by atoms with E-state index in [1.807, 2.05) is 6.20 Å². The molecule has 2 aromatic rings. The number of piperazine rings is 1. The summed E-state index contributed by atoms with van der Waals surface area (Å²) in [5, 5.41) is 3.49. The van der Waals surface area contributed by atoms with E-state index in [1.54, 1.807) is 11.3 Å². The molecule has 1 aliphatic heterocycles. The monoisotopic (exact) mass is 273 g/mol. The van der Waals surface area contributed by atoms with Crippen LogP contribution in [0.1, 0.15) is 19.3 Å². The molecule has 2 aliphatic rings. The highest BCUT2D eigenvalue weighted by atomic mass is 32.1. The third-order valence-electron chi connectivity index (χ3n) is 4.56. The van der Waals surface area contributed by atoms with Gasteiger partial charge in [0.1, 0.15) is 5.82 Å². The first-order chi connectivity index (χ1) is 9.42. The molecule has 0 amide bonds. The van der Waals surface area contributed by atoms with Gasteiger partial charge in [0.2, 0.25) is 0 Å². The lowest BCUT2D eigenvalue weighted by atomic mass is 9.91. The zero-order valence-electron chi connectivity index (χ0n) is 11.1. The van der Waals surface area contributed by atoms with Crippen molar-refractivity contribution in [3.63, 3.8) is 0 Å². The van der Waals surface area contributed by atoms with Crippen LogP contribution in [0.3, 0.4) is 0 Å². The fourth-order valence-corrected chi connectivity index (χ4v) is 3.96. The second kappa shape index (κ2) is 4.76. The third kappa shape index (κ3) is 2.03. The number of fused-ring (bicyclic) bond motifs is 1. The molecule has 0 bridgehead atoms. The fourth-order valence-electron chi connectivity index (χ4n) is 3.18. The van der Waals surface area contributed by atoms with Gasteiger partial charge in [0.25, 0.3) is 0 Å². The van der Waals surface area contributed by atoms with Crippen molar-refractivity contribution >= 4 is 27.2 Å². The van der Waals surface area contributed by atoms with Crippen LogP contribution < -0.4 is 4.90 Å². The second-order valence-electron chi connectivity index (χ2n) is 5.57. The Kier molecular flexibility index (Phi) is 2.93. The van der Waals surface area contributed by atoms with Gasteiger partial charge in [0.05, 0.1) is 0 Å². The molecule has 0 unspecified atom stereocenters. The van der Waals surface area contributed by atoms with Crippen molar-refractivity contribution in [3.05, 3.63) is 23.7 Å². The minimum atomic E-state index is 0.882. The first-order valence-electron chi connectivity index (χ1n) is 7.23. The Hall–Kier alpha value is -1.13. The van der Waals surface area contributed by atoms with Gasteiger partial charge in [-0.1, -0.05) is 6.42 Å². The Balaban J connectivity index is 1.52. The molecular formula is C15H19N3S. The Morgan fingerprint density at radius 2 is 1.95 bits per heavy atom. The molecule has 2 fully saturated rings. The highest BCUT2D eigenvalue weighted by molar-refractivity contribution is 7.17. The number of rotatable bonds is 2. The van der Waals surface area contributed by atoms with Crippen molar-refractivity contribution in [2.24, 2.45) is 0 Å². The molecule has 0 atom stereocenters. The maximum atomic E-state index is 4.62. The van der Waals surface area contributed by atoms with Gasteiger partial charge >= 0.3 is 0 Å². The summed E-state index contributed by atoms with van der Waals surface area (Å²) in [7, 11) is 0. The number of aromatic nitrogens is 1. The smallest absolute Gasteiger partial charge is 0.137 e. The van der Waals surface area contributed by atoms with Crippen LogP contribution >= 0.6 is 11.3 Å². The van der Waals surface area contributed by atoms with E-state index < -0.39 is 0 Å². The molecule has 3 nitrogen and oxygen atoms in total. The predicted octanol–water partition coefficient (Wildman–Crippen LogP) is 2.97. The maximum Gasteiger partial charge on any atom is 0.137 e. The molecule has 100 valence electrons. The molecule has 0 radical (unpaired) electrons. The van der Waals surface area contributed by atoms with Crippen molar-refractivity contribution < 1.29 is 0 Å². The number of anilines is 1. The number of hydrogen-bond acceptors (Lipinski definition) is 4. The highest BCUT2D eigenvalue weighted by Crippen LogP contribution is 2.30. The van der Waals surface area contributed by atoms with E-state index in [1.165, 1.54) is 48.3 Å². The van der Waals surface area contributed by atoms with E-state index in [0.29, 0.717) is 0 Å². The van der Waals surface area contributed by atoms with Crippen LogP contribution in [-0.2, 0) is 0 Å². The number of thiophene rings is 1. The number of nitrogens with zero attached hydrogens (tertiary/aromatic N) is 3. The van der Waals surface area contributed by atoms with Crippen LogP contribution in [0.2, 0.25) is 0 Å². The van der Waals surface area contributed by atoms with Crippen LogP contribution in [-0.4, -0.2) is 42.1 Å². The van der Waals surface area contributed by atoms with Gasteiger partial charge in [-0.3, -0.25) is 4.90 Å². The van der Waals surface area contributed by atoms with Crippen molar-refractivity contribution in [3.8, 4) is 0 Å². The minimum Gasteiger partial charge on any atom is -0.354 e. The zero-order chi connectivity index (χ0) is 12.7. The van der Waals surface area contributed by atoms with E-state index in [2.05, 4.69) is 32.3 Å². The molecule has 1 aliphatic carbocycles. The SMILES string of the molecule is c1cc2sccc2c(N2CCN(C3CCC3)CC2)n1. The van der Waals surface area contributed by atoms with Crippen LogP contribution in [0.4, 0.5) is 5.82 Å². The van der Waals surface area contributed by atoms with E-state index in [4.69, 9.17) is 0 Å². The normalized spacial score (nSPS) is 21.8. The lowest BCUT2D eigenvalue weighted by Gasteiger charge is -2.43. The van der Waals surface area contributed by atoms with E-state index >= 15 is 0 Å². The van der Waals surface area contributed by atoms with Crippen LogP contribution in [0.5, 0.6) is 0 Å². The molecule has 4 rings (SSSR count). The largest absolute Gasteiger partial charge is 0.354 e. The van der Waals surface area contributed by atoms with Crippen LogP contribution in [0, 0.1) is 0 Å². The van der Waals surface area contributed by atoms with Crippen molar-refractivity contribution in [1.29, 1.82) is 0 Å². The summed E-state index contributed by atoms with van der Waals surface area (Å²) >= 11 is 1.81. The van der Waals surface area contributed by atoms with Gasteiger partial charge in [-0.05, 0) is 30.4 Å². The molecular weight excluding hydrogens is 254 g/mol. The Morgan fingerprint density at radius 1 is 1.11 bits per heavy atom. The highest BCUT2D eigenvalue weighted by Gasteiger charge is 2.28. The Bertz CT molecular complexity index is 568. The van der Waals surface area contributed by atoms with Gasteiger partial charge in [-0.25, -0.2) is 4.98 Å². The second-order valence-corrected chi connectivity index (χ2v) is 6.52. The summed E-state index contributed by atoms with van der Waals surface area (Å²) in [6.07, 6.45) is 6.21. The first kappa shape index (κ1) is 11.7. The molecule has 1 saturated heterocycles. The van der Waals surface area contributed by atoms with Crippen molar-refractivity contribution in [2.45, 2.75) is 25.3 Å². The number of pyridine rings is 1. The molecule has 4 heteroatoms. The quantitative estimate of drug-likeness (QED) is 0.838. The fraction of sp³-hybridized carbons (Fsp3) is 0.533. The summed E-state index contributed by atoms with van der Waals surface area (Å²) in [6, 6.07) is 5.21. The van der Waals surface area contributed by atoms with Crippen LogP contribution in [0.25, 0.3) is 10.1 Å². The van der Waals surface area contributed by atoms with Crippen molar-refractivity contribution in [2.75, 3.05) is 31.1 Å². The molecule has 0 aromatic carbocycles. The van der Waals surface area contributed by atoms with Gasteiger partial charge in [-0.15, -0.1) is 11.3 Å². The molecule has 3 heterocycles. The first-order valence-corrected chi connectivity index (χ1v) is 8.11. The molecule has 1 saturated carbocycles. The average molecular weight is 273 g/mol. The number of hydrogen-bond donors (Lipinski definition) is 0. The van der Waals surface area contributed by atoms with Gasteiger partial charge in [0.15, 0.2) is 0 Å². The van der Waals surface area contributed by atoms with Gasteiger partial charge in [0, 0.05) is 48.5 Å². The van der Waals surface area contributed by atoms with E-state index in [-0.39, 0.29) is 0 Å². The molecule has 2 aromatic heterocycles. The third-order valence-corrected chi connectivity index (χ3v) is 5.45. The molecule has 19 heavy (non-hydrogen) atoms.